The highest BCUT2D eigenvalue weighted by molar-refractivity contribution is 9.10. The van der Waals surface area contributed by atoms with E-state index < -0.39 is 0 Å². The maximum Gasteiger partial charge on any atom is 0.0928 e. The molecule has 2 aromatic rings. The van der Waals surface area contributed by atoms with Crippen molar-refractivity contribution in [1.82, 2.24) is 0 Å². The molecule has 0 spiro atoms. The monoisotopic (exact) mass is 414 g/mol. The highest BCUT2D eigenvalue weighted by Crippen LogP contribution is 2.32. The summed E-state index contributed by atoms with van der Waals surface area (Å²) in [6.45, 7) is -0.230. The van der Waals surface area contributed by atoms with Crippen molar-refractivity contribution in [1.29, 1.82) is 0 Å². The number of alkyl halides is 1. The molecule has 0 nitrogen and oxygen atoms in total. The van der Waals surface area contributed by atoms with Gasteiger partial charge in [0.05, 0.1) is 6.67 Å². The van der Waals surface area contributed by atoms with Crippen molar-refractivity contribution in [2.45, 2.75) is 44.9 Å². The maximum atomic E-state index is 12.2. The lowest BCUT2D eigenvalue weighted by Gasteiger charge is -2.26. The minimum absolute atomic E-state index is 0.230. The van der Waals surface area contributed by atoms with Crippen LogP contribution in [-0.2, 0) is 6.42 Å². The molecule has 1 saturated carbocycles. The summed E-state index contributed by atoms with van der Waals surface area (Å²) in [5.74, 6) is 1.54. The van der Waals surface area contributed by atoms with Crippen molar-refractivity contribution in [3.63, 3.8) is 0 Å². The summed E-state index contributed by atoms with van der Waals surface area (Å²) in [4.78, 5) is 0. The van der Waals surface area contributed by atoms with Crippen LogP contribution in [0.5, 0.6) is 0 Å². The fourth-order valence-corrected chi connectivity index (χ4v) is 4.16. The number of rotatable bonds is 7. The number of allylic oxidation sites excluding steroid dienone is 2. The highest BCUT2D eigenvalue weighted by Gasteiger charge is 2.19. The third-order valence-electron chi connectivity index (χ3n) is 5.55. The largest absolute Gasteiger partial charge is 0.251 e. The van der Waals surface area contributed by atoms with E-state index in [2.05, 4.69) is 70.5 Å². The third-order valence-corrected chi connectivity index (χ3v) is 6.08. The van der Waals surface area contributed by atoms with Gasteiger partial charge in [0.1, 0.15) is 0 Å². The zero-order valence-corrected chi connectivity index (χ0v) is 16.9. The van der Waals surface area contributed by atoms with Crippen LogP contribution in [0.4, 0.5) is 4.39 Å². The van der Waals surface area contributed by atoms with Crippen LogP contribution in [0.2, 0.25) is 0 Å². The van der Waals surface area contributed by atoms with Gasteiger partial charge >= 0.3 is 0 Å². The molecule has 0 N–H and O–H groups in total. The van der Waals surface area contributed by atoms with Crippen molar-refractivity contribution in [2.24, 2.45) is 11.8 Å². The Hall–Kier alpha value is -1.41. The van der Waals surface area contributed by atoms with E-state index in [1.807, 2.05) is 6.08 Å². The van der Waals surface area contributed by atoms with Gasteiger partial charge in [0.2, 0.25) is 0 Å². The van der Waals surface area contributed by atoms with Crippen LogP contribution in [0.25, 0.3) is 11.1 Å². The molecule has 0 amide bonds. The van der Waals surface area contributed by atoms with Gasteiger partial charge in [-0.25, -0.2) is 0 Å². The molecule has 0 aliphatic heterocycles. The van der Waals surface area contributed by atoms with E-state index in [9.17, 15) is 4.39 Å². The van der Waals surface area contributed by atoms with Crippen molar-refractivity contribution in [2.75, 3.05) is 6.67 Å². The Kier molecular flexibility index (Phi) is 7.49. The fourth-order valence-electron chi connectivity index (χ4n) is 3.90. The second kappa shape index (κ2) is 10.1. The zero-order valence-electron chi connectivity index (χ0n) is 15.3. The Labute approximate surface area is 165 Å². The van der Waals surface area contributed by atoms with Gasteiger partial charge < -0.3 is 0 Å². The second-order valence-electron chi connectivity index (χ2n) is 7.43. The molecule has 26 heavy (non-hydrogen) atoms. The Balaban J connectivity index is 1.45. The number of halogens is 2. The lowest BCUT2D eigenvalue weighted by molar-refractivity contribution is 0.296. The van der Waals surface area contributed by atoms with Crippen molar-refractivity contribution in [3.05, 3.63) is 70.7 Å². The number of hydrogen-bond acceptors (Lipinski definition) is 0. The molecule has 1 aliphatic rings. The van der Waals surface area contributed by atoms with Crippen molar-refractivity contribution >= 4 is 15.9 Å². The second-order valence-corrected chi connectivity index (χ2v) is 8.34. The zero-order chi connectivity index (χ0) is 18.2. The van der Waals surface area contributed by atoms with Gasteiger partial charge in [-0.3, -0.25) is 4.39 Å². The molecule has 0 bridgehead atoms. The average Bonchev–Trinajstić information content (AvgIpc) is 2.69. The molecule has 2 aromatic carbocycles. The topological polar surface area (TPSA) is 0 Å². The Morgan fingerprint density at radius 2 is 1.50 bits per heavy atom. The molecular formula is C24H28BrF. The summed E-state index contributed by atoms with van der Waals surface area (Å²) in [6.07, 6.45) is 12.5. The van der Waals surface area contributed by atoms with Crippen LogP contribution in [0.15, 0.2) is 65.2 Å². The molecule has 138 valence electrons. The molecule has 0 unspecified atom stereocenters. The Bertz CT molecular complexity index is 679. The van der Waals surface area contributed by atoms with Gasteiger partial charge in [0.25, 0.3) is 0 Å². The summed E-state index contributed by atoms with van der Waals surface area (Å²) in [6, 6.07) is 17.5. The average molecular weight is 415 g/mol. The summed E-state index contributed by atoms with van der Waals surface area (Å²) in [5, 5.41) is 0. The van der Waals surface area contributed by atoms with Gasteiger partial charge in [-0.1, -0.05) is 64.5 Å². The van der Waals surface area contributed by atoms with Crippen LogP contribution in [0.1, 0.15) is 44.1 Å². The Morgan fingerprint density at radius 1 is 0.885 bits per heavy atom. The first-order chi connectivity index (χ1) is 12.7. The predicted octanol–water partition coefficient (Wildman–Crippen LogP) is 7.77. The summed E-state index contributed by atoms with van der Waals surface area (Å²) < 4.78 is 13.3. The van der Waals surface area contributed by atoms with Crippen LogP contribution in [0, 0.1) is 11.8 Å². The molecule has 3 rings (SSSR count). The predicted molar refractivity (Wildman–Crippen MR) is 113 cm³/mol. The number of benzene rings is 2. The summed E-state index contributed by atoms with van der Waals surface area (Å²) in [5.41, 5.74) is 3.98. The van der Waals surface area contributed by atoms with E-state index >= 15 is 0 Å². The molecule has 2 heteroatoms. The van der Waals surface area contributed by atoms with Gasteiger partial charge in [-0.2, -0.15) is 0 Å². The van der Waals surface area contributed by atoms with Gasteiger partial charge in [-0.15, -0.1) is 0 Å². The first-order valence-electron chi connectivity index (χ1n) is 9.82. The molecule has 0 atom stereocenters. The molecule has 1 fully saturated rings. The fraction of sp³-hybridized carbons (Fsp3) is 0.417. The van der Waals surface area contributed by atoms with Gasteiger partial charge in [0, 0.05) is 4.47 Å². The minimum atomic E-state index is -0.230. The third kappa shape index (κ3) is 5.81. The van der Waals surface area contributed by atoms with Crippen molar-refractivity contribution < 1.29 is 4.39 Å². The lowest BCUT2D eigenvalue weighted by Crippen LogP contribution is -2.13. The number of hydrogen-bond donors (Lipinski definition) is 0. The molecule has 0 saturated heterocycles. The van der Waals surface area contributed by atoms with E-state index in [0.717, 1.165) is 10.4 Å². The van der Waals surface area contributed by atoms with Crippen LogP contribution in [0.3, 0.4) is 0 Å². The molecule has 0 radical (unpaired) electrons. The van der Waals surface area contributed by atoms with E-state index in [-0.39, 0.29) is 6.67 Å². The first kappa shape index (κ1) is 19.4. The van der Waals surface area contributed by atoms with E-state index in [4.69, 9.17) is 0 Å². The highest BCUT2D eigenvalue weighted by atomic mass is 79.9. The molecule has 0 aromatic heterocycles. The molecular weight excluding hydrogens is 387 g/mol. The summed E-state index contributed by atoms with van der Waals surface area (Å²) >= 11 is 3.49. The quantitative estimate of drug-likeness (QED) is 0.405. The summed E-state index contributed by atoms with van der Waals surface area (Å²) in [7, 11) is 0. The minimum Gasteiger partial charge on any atom is -0.251 e. The SMILES string of the molecule is FCC/C=C/C1CCC(CCc2ccc(-c3ccc(Br)cc3)cc2)CC1. The van der Waals surface area contributed by atoms with Crippen LogP contribution >= 0.6 is 15.9 Å². The van der Waals surface area contributed by atoms with Gasteiger partial charge in [-0.05, 0) is 85.6 Å². The van der Waals surface area contributed by atoms with E-state index in [1.165, 1.54) is 55.2 Å². The molecule has 1 aliphatic carbocycles. The number of aryl methyl sites for hydroxylation is 1. The Morgan fingerprint density at radius 3 is 2.12 bits per heavy atom. The first-order valence-corrected chi connectivity index (χ1v) is 10.6. The van der Waals surface area contributed by atoms with E-state index in [0.29, 0.717) is 12.3 Å². The smallest absolute Gasteiger partial charge is 0.0928 e. The van der Waals surface area contributed by atoms with Crippen LogP contribution < -0.4 is 0 Å². The van der Waals surface area contributed by atoms with Crippen molar-refractivity contribution in [3.8, 4) is 11.1 Å². The standard InChI is InChI=1S/C24H28BrF/c25-24-16-14-23(15-17-24)22-12-10-21(11-13-22)9-8-20-6-4-19(5-7-20)3-1-2-18-26/h1,3,10-17,19-20H,2,4-9,18H2/b3-1+. The van der Waals surface area contributed by atoms with Gasteiger partial charge in [0.15, 0.2) is 0 Å². The lowest BCUT2D eigenvalue weighted by atomic mass is 9.79. The normalized spacial score (nSPS) is 20.5. The van der Waals surface area contributed by atoms with E-state index in [1.54, 1.807) is 0 Å². The molecule has 0 heterocycles. The van der Waals surface area contributed by atoms with Crippen LogP contribution in [-0.4, -0.2) is 6.67 Å². The maximum absolute atomic E-state index is 12.2.